The Morgan fingerprint density at radius 2 is 1.74 bits per heavy atom. The standard InChI is InChI=1S/C23H29F2N3O5S/c1-16(23(30)26-2)27(15-17-7-10-19(33-3)11-8-17)22(29)6-5-13-28(34(4,31)32)18-9-12-20(24)21(25)14-18/h7-12,14,16H,5-6,13,15H2,1-4H3,(H,26,30). The molecule has 0 aliphatic rings. The molecule has 0 saturated carbocycles. The zero-order chi connectivity index (χ0) is 25.5. The molecule has 0 aromatic heterocycles. The fourth-order valence-corrected chi connectivity index (χ4v) is 4.32. The van der Waals surface area contributed by atoms with Crippen molar-refractivity contribution in [1.82, 2.24) is 10.2 Å². The number of halogens is 2. The molecule has 34 heavy (non-hydrogen) atoms. The van der Waals surface area contributed by atoms with Crippen LogP contribution in [0.25, 0.3) is 0 Å². The third-order valence-corrected chi connectivity index (χ3v) is 6.46. The molecule has 2 amide bonds. The van der Waals surface area contributed by atoms with E-state index in [2.05, 4.69) is 5.32 Å². The van der Waals surface area contributed by atoms with E-state index in [0.29, 0.717) is 5.75 Å². The summed E-state index contributed by atoms with van der Waals surface area (Å²) in [6, 6.07) is 9.08. The first-order valence-corrected chi connectivity index (χ1v) is 12.4. The minimum atomic E-state index is -3.81. The molecule has 1 atom stereocenters. The van der Waals surface area contributed by atoms with Gasteiger partial charge in [0.05, 0.1) is 19.1 Å². The van der Waals surface area contributed by atoms with E-state index >= 15 is 0 Å². The number of ether oxygens (including phenoxy) is 1. The molecule has 8 nitrogen and oxygen atoms in total. The van der Waals surface area contributed by atoms with Crippen molar-refractivity contribution in [2.75, 3.05) is 31.3 Å². The summed E-state index contributed by atoms with van der Waals surface area (Å²) in [6.45, 7) is 1.64. The number of carbonyl (C=O) groups excluding carboxylic acids is 2. The van der Waals surface area contributed by atoms with Crippen LogP contribution in [0.5, 0.6) is 5.75 Å². The summed E-state index contributed by atoms with van der Waals surface area (Å²) in [6.07, 6.45) is 0.984. The third-order valence-electron chi connectivity index (χ3n) is 5.27. The highest BCUT2D eigenvalue weighted by molar-refractivity contribution is 7.92. The van der Waals surface area contributed by atoms with Crippen LogP contribution in [0.15, 0.2) is 42.5 Å². The van der Waals surface area contributed by atoms with Crippen molar-refractivity contribution >= 4 is 27.5 Å². The van der Waals surface area contributed by atoms with Crippen molar-refractivity contribution in [3.8, 4) is 5.75 Å². The molecule has 11 heteroatoms. The predicted octanol–water partition coefficient (Wildman–Crippen LogP) is 2.68. The SMILES string of the molecule is CNC(=O)C(C)N(Cc1ccc(OC)cc1)C(=O)CCCN(c1ccc(F)c(F)c1)S(C)(=O)=O. The largest absolute Gasteiger partial charge is 0.497 e. The molecule has 0 radical (unpaired) electrons. The van der Waals surface area contributed by atoms with Crippen molar-refractivity contribution in [2.24, 2.45) is 0 Å². The van der Waals surface area contributed by atoms with Crippen LogP contribution in [-0.4, -0.2) is 58.1 Å². The summed E-state index contributed by atoms with van der Waals surface area (Å²) in [5.41, 5.74) is 0.743. The minimum Gasteiger partial charge on any atom is -0.497 e. The van der Waals surface area contributed by atoms with Crippen molar-refractivity contribution in [2.45, 2.75) is 32.4 Å². The Morgan fingerprint density at radius 1 is 1.09 bits per heavy atom. The number of nitrogens with one attached hydrogen (secondary N) is 1. The van der Waals surface area contributed by atoms with Gasteiger partial charge in [0.2, 0.25) is 21.8 Å². The molecule has 1 unspecified atom stereocenters. The lowest BCUT2D eigenvalue weighted by molar-refractivity contribution is -0.140. The van der Waals surface area contributed by atoms with E-state index < -0.39 is 27.7 Å². The summed E-state index contributed by atoms with van der Waals surface area (Å²) < 4.78 is 57.4. The fourth-order valence-electron chi connectivity index (χ4n) is 3.36. The highest BCUT2D eigenvalue weighted by Gasteiger charge is 2.26. The van der Waals surface area contributed by atoms with Crippen LogP contribution in [0.2, 0.25) is 0 Å². The van der Waals surface area contributed by atoms with E-state index in [1.165, 1.54) is 11.9 Å². The van der Waals surface area contributed by atoms with E-state index in [1.54, 1.807) is 38.3 Å². The molecule has 2 aromatic carbocycles. The molecule has 0 spiro atoms. The second-order valence-electron chi connectivity index (χ2n) is 7.70. The number of hydrogen-bond acceptors (Lipinski definition) is 5. The molecule has 0 aliphatic heterocycles. The van der Waals surface area contributed by atoms with Gasteiger partial charge in [-0.3, -0.25) is 13.9 Å². The molecule has 0 fully saturated rings. The van der Waals surface area contributed by atoms with Gasteiger partial charge >= 0.3 is 0 Å². The first-order valence-electron chi connectivity index (χ1n) is 10.5. The maximum atomic E-state index is 13.6. The van der Waals surface area contributed by atoms with Gasteiger partial charge in [-0.2, -0.15) is 0 Å². The smallest absolute Gasteiger partial charge is 0.242 e. The van der Waals surface area contributed by atoms with E-state index in [0.717, 1.165) is 34.3 Å². The zero-order valence-electron chi connectivity index (χ0n) is 19.5. The molecule has 2 rings (SSSR count). The number of rotatable bonds is 11. The Balaban J connectivity index is 2.15. The highest BCUT2D eigenvalue weighted by atomic mass is 32.2. The van der Waals surface area contributed by atoms with E-state index in [9.17, 15) is 26.8 Å². The highest BCUT2D eigenvalue weighted by Crippen LogP contribution is 2.22. The second kappa shape index (κ2) is 11.8. The maximum Gasteiger partial charge on any atom is 0.242 e. The monoisotopic (exact) mass is 497 g/mol. The summed E-state index contributed by atoms with van der Waals surface area (Å²) in [5.74, 6) is -2.32. The van der Waals surface area contributed by atoms with Gasteiger partial charge < -0.3 is 15.0 Å². The molecule has 0 saturated heterocycles. The quantitative estimate of drug-likeness (QED) is 0.515. The molecule has 0 heterocycles. The number of hydrogen-bond donors (Lipinski definition) is 1. The number of sulfonamides is 1. The van der Waals surface area contributed by atoms with Gasteiger partial charge in [0.15, 0.2) is 11.6 Å². The van der Waals surface area contributed by atoms with Crippen LogP contribution in [0.3, 0.4) is 0 Å². The van der Waals surface area contributed by atoms with E-state index in [4.69, 9.17) is 4.74 Å². The van der Waals surface area contributed by atoms with Gasteiger partial charge in [-0.25, -0.2) is 17.2 Å². The fraction of sp³-hybridized carbons (Fsp3) is 0.391. The average Bonchev–Trinajstić information content (AvgIpc) is 2.80. The van der Waals surface area contributed by atoms with Gasteiger partial charge in [0.25, 0.3) is 0 Å². The first kappa shape index (κ1) is 27.0. The van der Waals surface area contributed by atoms with Gasteiger partial charge in [0.1, 0.15) is 11.8 Å². The summed E-state index contributed by atoms with van der Waals surface area (Å²) in [7, 11) is -0.798. The average molecular weight is 498 g/mol. The van der Waals surface area contributed by atoms with Gasteiger partial charge in [-0.15, -0.1) is 0 Å². The number of benzene rings is 2. The Kier molecular flexibility index (Phi) is 9.36. The Morgan fingerprint density at radius 3 is 2.26 bits per heavy atom. The first-order chi connectivity index (χ1) is 16.0. The van der Waals surface area contributed by atoms with Crippen LogP contribution in [-0.2, 0) is 26.2 Å². The molecular weight excluding hydrogens is 468 g/mol. The number of likely N-dealkylation sites (N-methyl/N-ethyl adjacent to an activating group) is 1. The molecular formula is C23H29F2N3O5S. The normalized spacial score (nSPS) is 12.1. The Hall–Kier alpha value is -3.21. The summed E-state index contributed by atoms with van der Waals surface area (Å²) >= 11 is 0. The van der Waals surface area contributed by atoms with Crippen LogP contribution in [0, 0.1) is 11.6 Å². The lowest BCUT2D eigenvalue weighted by atomic mass is 10.1. The molecule has 186 valence electrons. The van der Waals surface area contributed by atoms with Crippen molar-refractivity contribution < 1.29 is 31.5 Å². The lowest BCUT2D eigenvalue weighted by Crippen LogP contribution is -2.46. The number of anilines is 1. The van der Waals surface area contributed by atoms with Gasteiger partial charge in [-0.05, 0) is 43.2 Å². The summed E-state index contributed by atoms with van der Waals surface area (Å²) in [5, 5.41) is 2.52. The lowest BCUT2D eigenvalue weighted by Gasteiger charge is -2.29. The van der Waals surface area contributed by atoms with Crippen molar-refractivity contribution in [1.29, 1.82) is 0 Å². The topological polar surface area (TPSA) is 96.0 Å². The number of carbonyl (C=O) groups is 2. The summed E-state index contributed by atoms with van der Waals surface area (Å²) in [4.78, 5) is 26.7. The van der Waals surface area contributed by atoms with Crippen LogP contribution in [0.4, 0.5) is 14.5 Å². The van der Waals surface area contributed by atoms with Crippen LogP contribution < -0.4 is 14.4 Å². The van der Waals surface area contributed by atoms with E-state index in [1.807, 2.05) is 0 Å². The zero-order valence-corrected chi connectivity index (χ0v) is 20.4. The van der Waals surface area contributed by atoms with Crippen LogP contribution >= 0.6 is 0 Å². The maximum absolute atomic E-state index is 13.6. The minimum absolute atomic E-state index is 0.0392. The number of nitrogens with zero attached hydrogens (tertiary/aromatic N) is 2. The molecule has 2 aromatic rings. The van der Waals surface area contributed by atoms with Gasteiger partial charge in [0, 0.05) is 32.6 Å². The van der Waals surface area contributed by atoms with Gasteiger partial charge in [-0.1, -0.05) is 12.1 Å². The molecule has 1 N–H and O–H groups in total. The Bertz CT molecular complexity index is 1110. The predicted molar refractivity (Wildman–Crippen MR) is 125 cm³/mol. The van der Waals surface area contributed by atoms with E-state index in [-0.39, 0.29) is 43.4 Å². The molecule has 0 bridgehead atoms. The Labute approximate surface area is 198 Å². The second-order valence-corrected chi connectivity index (χ2v) is 9.60. The number of amides is 2. The van der Waals surface area contributed by atoms with Crippen LogP contribution in [0.1, 0.15) is 25.3 Å². The van der Waals surface area contributed by atoms with Crippen molar-refractivity contribution in [3.63, 3.8) is 0 Å². The number of methoxy groups -OCH3 is 1. The third kappa shape index (κ3) is 7.14. The molecule has 0 aliphatic carbocycles. The van der Waals surface area contributed by atoms with Crippen molar-refractivity contribution in [3.05, 3.63) is 59.7 Å².